The third-order valence-corrected chi connectivity index (χ3v) is 6.75. The number of methoxy groups -OCH3 is 1. The zero-order chi connectivity index (χ0) is 23.0. The maximum Gasteiger partial charge on any atom is 0.296 e. The average Bonchev–Trinajstić information content (AvgIpc) is 3.39. The van der Waals surface area contributed by atoms with Crippen molar-refractivity contribution in [2.75, 3.05) is 13.7 Å². The van der Waals surface area contributed by atoms with E-state index in [2.05, 4.69) is 41.2 Å². The number of nitrogens with one attached hydrogen (secondary N) is 1. The number of nitrogens with zero attached hydrogens (tertiary/aromatic N) is 2. The minimum atomic E-state index is -0.551. The Morgan fingerprint density at radius 2 is 1.76 bits per heavy atom. The van der Waals surface area contributed by atoms with Crippen molar-refractivity contribution in [3.63, 3.8) is 0 Å². The fourth-order valence-electron chi connectivity index (χ4n) is 4.42. The first-order chi connectivity index (χ1) is 16.0. The molecule has 2 aromatic heterocycles. The molecule has 3 atom stereocenters. The monoisotopic (exact) mass is 463 g/mol. The van der Waals surface area contributed by atoms with Gasteiger partial charge in [0.25, 0.3) is 6.01 Å². The molecule has 1 saturated heterocycles. The van der Waals surface area contributed by atoms with Gasteiger partial charge in [-0.3, -0.25) is 0 Å². The Kier molecular flexibility index (Phi) is 5.83. The first kappa shape index (κ1) is 21.9. The fourth-order valence-corrected chi connectivity index (χ4v) is 4.68. The van der Waals surface area contributed by atoms with E-state index in [1.165, 1.54) is 0 Å². The highest BCUT2D eigenvalue weighted by Crippen LogP contribution is 2.35. The van der Waals surface area contributed by atoms with Gasteiger partial charge in [-0.2, -0.15) is 4.98 Å². The largest absolute Gasteiger partial charge is 0.456 e. The summed E-state index contributed by atoms with van der Waals surface area (Å²) in [5, 5.41) is 0.544. The quantitative estimate of drug-likeness (QED) is 0.385. The first-order valence-corrected chi connectivity index (χ1v) is 11.4. The van der Waals surface area contributed by atoms with Gasteiger partial charge >= 0.3 is 0 Å². The van der Waals surface area contributed by atoms with Crippen LogP contribution in [0.25, 0.3) is 33.5 Å². The van der Waals surface area contributed by atoms with Crippen LogP contribution in [0.2, 0.25) is 5.02 Å². The molecule has 5 rings (SSSR count). The van der Waals surface area contributed by atoms with Crippen molar-refractivity contribution in [2.45, 2.75) is 38.1 Å². The van der Waals surface area contributed by atoms with Crippen LogP contribution < -0.4 is 4.74 Å². The first-order valence-electron chi connectivity index (χ1n) is 11.1. The van der Waals surface area contributed by atoms with Gasteiger partial charge in [-0.25, -0.2) is 4.98 Å². The molecule has 0 spiro atoms. The predicted molar refractivity (Wildman–Crippen MR) is 130 cm³/mol. The van der Waals surface area contributed by atoms with Crippen molar-refractivity contribution in [3.8, 4) is 28.4 Å². The summed E-state index contributed by atoms with van der Waals surface area (Å²) in [7, 11) is 1.68. The van der Waals surface area contributed by atoms with Crippen molar-refractivity contribution in [1.82, 2.24) is 15.0 Å². The summed E-state index contributed by atoms with van der Waals surface area (Å²) in [5.74, 6) is 0. The summed E-state index contributed by atoms with van der Waals surface area (Å²) in [4.78, 5) is 12.5. The smallest absolute Gasteiger partial charge is 0.296 e. The Bertz CT molecular complexity index is 1260. The summed E-state index contributed by atoms with van der Waals surface area (Å²) < 4.78 is 17.8. The van der Waals surface area contributed by atoms with Crippen LogP contribution in [0, 0.1) is 0 Å². The second kappa shape index (κ2) is 8.78. The van der Waals surface area contributed by atoms with Gasteiger partial charge < -0.3 is 19.2 Å². The van der Waals surface area contributed by atoms with Gasteiger partial charge in [0.05, 0.1) is 28.9 Å². The Morgan fingerprint density at radius 3 is 2.45 bits per heavy atom. The number of rotatable bonds is 6. The van der Waals surface area contributed by atoms with Crippen LogP contribution in [0.1, 0.15) is 20.3 Å². The van der Waals surface area contributed by atoms with E-state index in [4.69, 9.17) is 30.8 Å². The predicted octanol–water partition coefficient (Wildman–Crippen LogP) is 5.91. The standard InChI is InChI=1S/C26H26ClN3O3/c1-4-21-26(2,31-3)22(15-32-21)33-25-28-20-14-19(27)23(29-24(20)30-25)18-12-10-17(11-13-18)16-8-6-5-7-9-16/h5-14,21-22H,4,15H2,1-3H3,(H,28,29,30)/t21?,22-,26?/m0/s1. The van der Waals surface area contributed by atoms with Gasteiger partial charge in [0.2, 0.25) is 0 Å². The van der Waals surface area contributed by atoms with Crippen LogP contribution in [-0.2, 0) is 9.47 Å². The lowest BCUT2D eigenvalue weighted by atomic mass is 9.93. The highest BCUT2D eigenvalue weighted by molar-refractivity contribution is 6.33. The van der Waals surface area contributed by atoms with Gasteiger partial charge in [-0.1, -0.05) is 73.1 Å². The molecule has 1 N–H and O–H groups in total. The van der Waals surface area contributed by atoms with Gasteiger partial charge in [0.15, 0.2) is 11.8 Å². The molecule has 1 fully saturated rings. The molecule has 1 aliphatic rings. The van der Waals surface area contributed by atoms with E-state index in [0.29, 0.717) is 34.5 Å². The molecular formula is C26H26ClN3O3. The Hall–Kier alpha value is -2.93. The molecule has 7 heteroatoms. The summed E-state index contributed by atoms with van der Waals surface area (Å²) in [5.41, 5.74) is 4.61. The Balaban J connectivity index is 1.42. The number of halogens is 1. The molecule has 6 nitrogen and oxygen atoms in total. The van der Waals surface area contributed by atoms with E-state index >= 15 is 0 Å². The van der Waals surface area contributed by atoms with E-state index in [9.17, 15) is 0 Å². The Labute approximate surface area is 197 Å². The van der Waals surface area contributed by atoms with E-state index in [-0.39, 0.29) is 12.2 Å². The molecule has 1 aliphatic heterocycles. The van der Waals surface area contributed by atoms with Crippen LogP contribution >= 0.6 is 11.6 Å². The molecule has 2 unspecified atom stereocenters. The average molecular weight is 464 g/mol. The maximum atomic E-state index is 6.59. The molecule has 170 valence electrons. The number of aromatic amines is 1. The lowest BCUT2D eigenvalue weighted by Crippen LogP contribution is -2.48. The summed E-state index contributed by atoms with van der Waals surface area (Å²) in [6.45, 7) is 4.52. The number of benzene rings is 2. The third kappa shape index (κ3) is 3.99. The zero-order valence-corrected chi connectivity index (χ0v) is 19.6. The fraction of sp³-hybridized carbons (Fsp3) is 0.308. The number of hydrogen-bond acceptors (Lipinski definition) is 5. The number of pyridine rings is 1. The van der Waals surface area contributed by atoms with Gasteiger partial charge in [-0.05, 0) is 30.5 Å². The summed E-state index contributed by atoms with van der Waals surface area (Å²) in [6.07, 6.45) is 0.525. The van der Waals surface area contributed by atoms with Crippen LogP contribution in [-0.4, -0.2) is 46.5 Å². The SMILES string of the molecule is CCC1OC[C@H](Oc2nc3nc(-c4ccc(-c5ccccc5)cc4)c(Cl)cc3[nH]2)C1(C)OC. The second-order valence-electron chi connectivity index (χ2n) is 8.40. The van der Waals surface area contributed by atoms with Crippen molar-refractivity contribution >= 4 is 22.8 Å². The Morgan fingerprint density at radius 1 is 1.06 bits per heavy atom. The molecule has 0 bridgehead atoms. The normalized spacial score (nSPS) is 22.7. The topological polar surface area (TPSA) is 69.3 Å². The highest BCUT2D eigenvalue weighted by atomic mass is 35.5. The number of imidazole rings is 1. The summed E-state index contributed by atoms with van der Waals surface area (Å²) in [6, 6.07) is 20.6. The van der Waals surface area contributed by atoms with Crippen molar-refractivity contribution < 1.29 is 14.2 Å². The third-order valence-electron chi connectivity index (χ3n) is 6.46. The molecule has 4 aromatic rings. The van der Waals surface area contributed by atoms with E-state index < -0.39 is 5.60 Å². The van der Waals surface area contributed by atoms with E-state index in [0.717, 1.165) is 23.1 Å². The highest BCUT2D eigenvalue weighted by Gasteiger charge is 2.49. The lowest BCUT2D eigenvalue weighted by Gasteiger charge is -2.32. The van der Waals surface area contributed by atoms with E-state index in [1.54, 1.807) is 7.11 Å². The molecule has 2 aromatic carbocycles. The summed E-state index contributed by atoms with van der Waals surface area (Å²) >= 11 is 6.59. The van der Waals surface area contributed by atoms with Gasteiger partial charge in [0, 0.05) is 12.7 Å². The van der Waals surface area contributed by atoms with Crippen LogP contribution in [0.4, 0.5) is 0 Å². The maximum absolute atomic E-state index is 6.59. The zero-order valence-electron chi connectivity index (χ0n) is 18.8. The van der Waals surface area contributed by atoms with Crippen molar-refractivity contribution in [2.24, 2.45) is 0 Å². The number of aromatic nitrogens is 3. The molecule has 33 heavy (non-hydrogen) atoms. The van der Waals surface area contributed by atoms with Crippen LogP contribution in [0.5, 0.6) is 6.01 Å². The lowest BCUT2D eigenvalue weighted by molar-refractivity contribution is -0.0882. The molecule has 0 amide bonds. The number of H-pyrrole nitrogens is 1. The molecular weight excluding hydrogens is 438 g/mol. The van der Waals surface area contributed by atoms with Crippen molar-refractivity contribution in [3.05, 3.63) is 65.7 Å². The molecule has 0 aliphatic carbocycles. The molecule has 0 saturated carbocycles. The van der Waals surface area contributed by atoms with Gasteiger partial charge in [-0.15, -0.1) is 0 Å². The van der Waals surface area contributed by atoms with E-state index in [1.807, 2.05) is 43.3 Å². The minimum Gasteiger partial charge on any atom is -0.456 e. The van der Waals surface area contributed by atoms with Crippen LogP contribution in [0.3, 0.4) is 0 Å². The number of ether oxygens (including phenoxy) is 3. The van der Waals surface area contributed by atoms with Crippen LogP contribution in [0.15, 0.2) is 60.7 Å². The van der Waals surface area contributed by atoms with Gasteiger partial charge in [0.1, 0.15) is 5.60 Å². The van der Waals surface area contributed by atoms with Crippen molar-refractivity contribution in [1.29, 1.82) is 0 Å². The minimum absolute atomic E-state index is 0.0325. The molecule has 0 radical (unpaired) electrons. The number of fused-ring (bicyclic) bond motifs is 1. The molecule has 3 heterocycles. The number of hydrogen-bond donors (Lipinski definition) is 1. The second-order valence-corrected chi connectivity index (χ2v) is 8.81.